The molecule has 4 nitrogen and oxygen atoms in total. The van der Waals surface area contributed by atoms with Gasteiger partial charge in [0.15, 0.2) is 11.4 Å². The van der Waals surface area contributed by atoms with Gasteiger partial charge in [-0.05, 0) is 42.3 Å². The van der Waals surface area contributed by atoms with Crippen LogP contribution in [-0.2, 0) is 6.54 Å². The molecule has 0 radical (unpaired) electrons. The minimum absolute atomic E-state index is 0.706. The van der Waals surface area contributed by atoms with E-state index in [4.69, 9.17) is 4.52 Å². The zero-order valence-corrected chi connectivity index (χ0v) is 10.1. The van der Waals surface area contributed by atoms with E-state index in [0.717, 1.165) is 22.4 Å². The Bertz CT molecular complexity index is 661. The lowest BCUT2D eigenvalue weighted by Gasteiger charge is -2.02. The van der Waals surface area contributed by atoms with Crippen LogP contribution in [0.25, 0.3) is 11.0 Å². The first kappa shape index (κ1) is 10.8. The zero-order valence-electron chi connectivity index (χ0n) is 10.1. The van der Waals surface area contributed by atoms with Crippen molar-refractivity contribution in [3.63, 3.8) is 0 Å². The Hall–Kier alpha value is -2.36. The number of anilines is 1. The minimum atomic E-state index is 0.706. The molecule has 2 heterocycles. The highest BCUT2D eigenvalue weighted by atomic mass is 16.5. The average Bonchev–Trinajstić information content (AvgIpc) is 2.80. The molecule has 0 unspecified atom stereocenters. The van der Waals surface area contributed by atoms with Crippen LogP contribution < -0.4 is 5.32 Å². The van der Waals surface area contributed by atoms with E-state index in [0.29, 0.717) is 6.54 Å². The van der Waals surface area contributed by atoms with Crippen molar-refractivity contribution >= 4 is 16.8 Å². The van der Waals surface area contributed by atoms with E-state index in [1.165, 1.54) is 5.56 Å². The molecule has 1 N–H and O–H groups in total. The van der Waals surface area contributed by atoms with Crippen LogP contribution in [0.3, 0.4) is 0 Å². The largest absolute Gasteiger partial charge is 0.363 e. The molecule has 0 spiro atoms. The maximum absolute atomic E-state index is 5.29. The van der Waals surface area contributed by atoms with E-state index < -0.39 is 0 Å². The van der Waals surface area contributed by atoms with Gasteiger partial charge in [0.2, 0.25) is 0 Å². The molecule has 0 atom stereocenters. The molecular weight excluding hydrogens is 226 g/mol. The predicted molar refractivity (Wildman–Crippen MR) is 70.3 cm³/mol. The second-order valence-corrected chi connectivity index (χ2v) is 4.24. The lowest BCUT2D eigenvalue weighted by atomic mass is 10.2. The summed E-state index contributed by atoms with van der Waals surface area (Å²) in [6.07, 6.45) is 3.56. The third-order valence-electron chi connectivity index (χ3n) is 2.84. The monoisotopic (exact) mass is 239 g/mol. The molecule has 3 aromatic rings. The first-order valence-electron chi connectivity index (χ1n) is 5.82. The molecule has 0 saturated heterocycles. The van der Waals surface area contributed by atoms with Crippen molar-refractivity contribution in [2.24, 2.45) is 0 Å². The van der Waals surface area contributed by atoms with Crippen LogP contribution in [0.15, 0.2) is 47.2 Å². The summed E-state index contributed by atoms with van der Waals surface area (Å²) < 4.78 is 5.29. The highest BCUT2D eigenvalue weighted by Gasteiger charge is 2.07. The lowest BCUT2D eigenvalue weighted by Crippen LogP contribution is -1.99. The van der Waals surface area contributed by atoms with Crippen molar-refractivity contribution < 1.29 is 4.52 Å². The number of aromatic nitrogens is 2. The Morgan fingerprint density at radius 2 is 2.00 bits per heavy atom. The average molecular weight is 239 g/mol. The van der Waals surface area contributed by atoms with Gasteiger partial charge >= 0.3 is 0 Å². The standard InChI is InChI=1S/C14H13N3O/c1-10-2-3-12-13(8-10)18-17-14(12)16-9-11-4-6-15-7-5-11/h2-8H,9H2,1H3,(H,16,17). The summed E-state index contributed by atoms with van der Waals surface area (Å²) in [4.78, 5) is 3.99. The van der Waals surface area contributed by atoms with Gasteiger partial charge in [0, 0.05) is 18.9 Å². The van der Waals surface area contributed by atoms with Crippen LogP contribution in [0.2, 0.25) is 0 Å². The van der Waals surface area contributed by atoms with E-state index in [1.54, 1.807) is 12.4 Å². The number of benzene rings is 1. The third kappa shape index (κ3) is 2.05. The molecule has 1 aromatic carbocycles. The SMILES string of the molecule is Cc1ccc2c(NCc3ccncc3)noc2c1. The maximum Gasteiger partial charge on any atom is 0.177 e. The molecule has 0 fully saturated rings. The van der Waals surface area contributed by atoms with Gasteiger partial charge in [0.1, 0.15) is 0 Å². The molecule has 0 amide bonds. The molecule has 3 rings (SSSR count). The molecule has 4 heteroatoms. The Morgan fingerprint density at radius 3 is 2.83 bits per heavy atom. The molecule has 0 aliphatic heterocycles. The molecular formula is C14H13N3O. The third-order valence-corrected chi connectivity index (χ3v) is 2.84. The van der Waals surface area contributed by atoms with Crippen LogP contribution in [0.5, 0.6) is 0 Å². The summed E-state index contributed by atoms with van der Waals surface area (Å²) in [7, 11) is 0. The number of hydrogen-bond donors (Lipinski definition) is 1. The summed E-state index contributed by atoms with van der Waals surface area (Å²) in [6, 6.07) is 10.0. The van der Waals surface area contributed by atoms with E-state index in [1.807, 2.05) is 31.2 Å². The van der Waals surface area contributed by atoms with Crippen molar-refractivity contribution in [1.82, 2.24) is 10.1 Å². The summed E-state index contributed by atoms with van der Waals surface area (Å²) in [5.74, 6) is 0.779. The predicted octanol–water partition coefficient (Wildman–Crippen LogP) is 3.14. The van der Waals surface area contributed by atoms with Crippen molar-refractivity contribution in [2.45, 2.75) is 13.5 Å². The number of rotatable bonds is 3. The minimum Gasteiger partial charge on any atom is -0.363 e. The highest BCUT2D eigenvalue weighted by Crippen LogP contribution is 2.23. The van der Waals surface area contributed by atoms with Crippen molar-refractivity contribution in [3.05, 3.63) is 53.9 Å². The quantitative estimate of drug-likeness (QED) is 0.762. The van der Waals surface area contributed by atoms with Gasteiger partial charge in [-0.15, -0.1) is 0 Å². The molecule has 0 aliphatic carbocycles. The van der Waals surface area contributed by atoms with Crippen LogP contribution in [0, 0.1) is 6.92 Å². The summed E-state index contributed by atoms with van der Waals surface area (Å²) >= 11 is 0. The molecule has 0 bridgehead atoms. The first-order valence-corrected chi connectivity index (χ1v) is 5.82. The second kappa shape index (κ2) is 4.49. The first-order chi connectivity index (χ1) is 8.83. The maximum atomic E-state index is 5.29. The number of aryl methyl sites for hydroxylation is 1. The Kier molecular flexibility index (Phi) is 2.68. The summed E-state index contributed by atoms with van der Waals surface area (Å²) in [6.45, 7) is 2.74. The molecule has 90 valence electrons. The van der Waals surface area contributed by atoms with Crippen molar-refractivity contribution in [1.29, 1.82) is 0 Å². The summed E-state index contributed by atoms with van der Waals surface area (Å²) in [5, 5.41) is 8.33. The molecule has 0 saturated carbocycles. The van der Waals surface area contributed by atoms with Gasteiger partial charge in [-0.25, -0.2) is 0 Å². The fourth-order valence-corrected chi connectivity index (χ4v) is 1.86. The number of pyridine rings is 1. The zero-order chi connectivity index (χ0) is 12.4. The molecule has 2 aromatic heterocycles. The number of nitrogens with one attached hydrogen (secondary N) is 1. The van der Waals surface area contributed by atoms with Gasteiger partial charge in [-0.3, -0.25) is 4.98 Å². The fraction of sp³-hybridized carbons (Fsp3) is 0.143. The number of nitrogens with zero attached hydrogens (tertiary/aromatic N) is 2. The number of hydrogen-bond acceptors (Lipinski definition) is 4. The van der Waals surface area contributed by atoms with Gasteiger partial charge in [0.05, 0.1) is 5.39 Å². The van der Waals surface area contributed by atoms with Crippen molar-refractivity contribution in [2.75, 3.05) is 5.32 Å². The van der Waals surface area contributed by atoms with Crippen LogP contribution in [0.1, 0.15) is 11.1 Å². The van der Waals surface area contributed by atoms with Gasteiger partial charge in [-0.1, -0.05) is 11.2 Å². The fourth-order valence-electron chi connectivity index (χ4n) is 1.86. The van der Waals surface area contributed by atoms with Crippen LogP contribution in [-0.4, -0.2) is 10.1 Å². The highest BCUT2D eigenvalue weighted by molar-refractivity contribution is 5.88. The number of fused-ring (bicyclic) bond motifs is 1. The van der Waals surface area contributed by atoms with Crippen molar-refractivity contribution in [3.8, 4) is 0 Å². The van der Waals surface area contributed by atoms with E-state index >= 15 is 0 Å². The molecule has 0 aliphatic rings. The van der Waals surface area contributed by atoms with E-state index in [2.05, 4.69) is 21.5 Å². The topological polar surface area (TPSA) is 51.0 Å². The second-order valence-electron chi connectivity index (χ2n) is 4.24. The Morgan fingerprint density at radius 1 is 1.17 bits per heavy atom. The molecule has 18 heavy (non-hydrogen) atoms. The van der Waals surface area contributed by atoms with Gasteiger partial charge in [-0.2, -0.15) is 0 Å². The Balaban J connectivity index is 1.83. The van der Waals surface area contributed by atoms with Crippen LogP contribution >= 0.6 is 0 Å². The smallest absolute Gasteiger partial charge is 0.177 e. The normalized spacial score (nSPS) is 10.7. The lowest BCUT2D eigenvalue weighted by molar-refractivity contribution is 0.459. The van der Waals surface area contributed by atoms with E-state index in [9.17, 15) is 0 Å². The van der Waals surface area contributed by atoms with Gasteiger partial charge < -0.3 is 9.84 Å². The summed E-state index contributed by atoms with van der Waals surface area (Å²) in [5.41, 5.74) is 3.14. The van der Waals surface area contributed by atoms with Gasteiger partial charge in [0.25, 0.3) is 0 Å². The van der Waals surface area contributed by atoms with E-state index in [-0.39, 0.29) is 0 Å². The van der Waals surface area contributed by atoms with Crippen LogP contribution in [0.4, 0.5) is 5.82 Å². The Labute approximate surface area is 105 Å².